The third-order valence-electron chi connectivity index (χ3n) is 2.41. The van der Waals surface area contributed by atoms with E-state index in [9.17, 15) is 9.59 Å². The molecule has 1 aromatic carbocycles. The zero-order valence-corrected chi connectivity index (χ0v) is 11.0. The molecule has 1 amide bonds. The Bertz CT molecular complexity index is 477. The topological polar surface area (TPSA) is 75.6 Å². The fourth-order valence-electron chi connectivity index (χ4n) is 1.46. The highest BCUT2D eigenvalue weighted by Gasteiger charge is 2.03. The van der Waals surface area contributed by atoms with E-state index < -0.39 is 5.97 Å². The minimum atomic E-state index is -0.924. The van der Waals surface area contributed by atoms with Crippen LogP contribution >= 0.6 is 0 Å². The van der Waals surface area contributed by atoms with Crippen LogP contribution in [0.1, 0.15) is 20.3 Å². The minimum absolute atomic E-state index is 0.134. The molecule has 0 spiro atoms. The van der Waals surface area contributed by atoms with Crippen LogP contribution in [0.5, 0.6) is 5.75 Å². The highest BCUT2D eigenvalue weighted by atomic mass is 16.5. The molecule has 0 heterocycles. The molecular formula is C14H17NO4. The highest BCUT2D eigenvalue weighted by molar-refractivity contribution is 5.88. The molecule has 0 aliphatic heterocycles. The molecule has 1 aromatic rings. The predicted molar refractivity (Wildman–Crippen MR) is 72.3 cm³/mol. The van der Waals surface area contributed by atoms with Crippen molar-refractivity contribution in [2.45, 2.75) is 20.3 Å². The summed E-state index contributed by atoms with van der Waals surface area (Å²) >= 11 is 0. The maximum atomic E-state index is 10.8. The van der Waals surface area contributed by atoms with Crippen LogP contribution in [-0.4, -0.2) is 23.6 Å². The molecule has 5 nitrogen and oxygen atoms in total. The van der Waals surface area contributed by atoms with Gasteiger partial charge in [0.15, 0.2) is 0 Å². The van der Waals surface area contributed by atoms with Crippen LogP contribution in [0.25, 0.3) is 0 Å². The lowest BCUT2D eigenvalue weighted by Crippen LogP contribution is -2.05. The maximum absolute atomic E-state index is 10.8. The summed E-state index contributed by atoms with van der Waals surface area (Å²) in [7, 11) is 0. The van der Waals surface area contributed by atoms with Crippen LogP contribution < -0.4 is 10.1 Å². The fourth-order valence-corrected chi connectivity index (χ4v) is 1.46. The van der Waals surface area contributed by atoms with Gasteiger partial charge in [0.25, 0.3) is 0 Å². The van der Waals surface area contributed by atoms with Gasteiger partial charge in [-0.1, -0.05) is 6.92 Å². The number of carboxylic acid groups (broad SMARTS) is 1. The van der Waals surface area contributed by atoms with E-state index >= 15 is 0 Å². The van der Waals surface area contributed by atoms with Crippen LogP contribution in [0, 0.1) is 0 Å². The summed E-state index contributed by atoms with van der Waals surface area (Å²) in [6.45, 7) is 3.42. The van der Waals surface area contributed by atoms with Gasteiger partial charge < -0.3 is 15.2 Å². The number of carbonyl (C=O) groups excluding carboxylic acids is 1. The second kappa shape index (κ2) is 7.20. The smallest absolute Gasteiger partial charge is 0.331 e. The third kappa shape index (κ3) is 5.25. The van der Waals surface area contributed by atoms with E-state index in [0.29, 0.717) is 23.4 Å². The monoisotopic (exact) mass is 263 g/mol. The number of aliphatic carboxylic acids is 1. The van der Waals surface area contributed by atoms with Crippen LogP contribution in [0.3, 0.4) is 0 Å². The Labute approximate surface area is 111 Å². The second-order valence-electron chi connectivity index (χ2n) is 3.90. The van der Waals surface area contributed by atoms with E-state index in [1.54, 1.807) is 37.3 Å². The molecule has 0 fully saturated rings. The standard InChI is InChI=1S/C14H17NO4/c1-3-11(14(17)18)8-9-19-13-6-4-12(5-7-13)15-10(2)16/h4-8H,3,9H2,1-2H3,(H,15,16)(H,17,18). The van der Waals surface area contributed by atoms with Crippen LogP contribution in [0.15, 0.2) is 35.9 Å². The van der Waals surface area contributed by atoms with Crippen molar-refractivity contribution in [2.75, 3.05) is 11.9 Å². The van der Waals surface area contributed by atoms with E-state index in [2.05, 4.69) is 5.32 Å². The molecule has 0 saturated heterocycles. The Balaban J connectivity index is 2.54. The van der Waals surface area contributed by atoms with Crippen molar-refractivity contribution in [3.8, 4) is 5.75 Å². The summed E-state index contributed by atoms with van der Waals surface area (Å²) in [5.41, 5.74) is 1.02. The number of rotatable bonds is 6. The lowest BCUT2D eigenvalue weighted by molar-refractivity contribution is -0.132. The van der Waals surface area contributed by atoms with Gasteiger partial charge in [-0.25, -0.2) is 4.79 Å². The number of hydrogen-bond acceptors (Lipinski definition) is 3. The zero-order valence-electron chi connectivity index (χ0n) is 11.0. The van der Waals surface area contributed by atoms with E-state index in [1.807, 2.05) is 0 Å². The Morgan fingerprint density at radius 3 is 2.42 bits per heavy atom. The van der Waals surface area contributed by atoms with Crippen molar-refractivity contribution in [1.82, 2.24) is 0 Å². The molecule has 0 radical (unpaired) electrons. The van der Waals surface area contributed by atoms with Crippen molar-refractivity contribution in [2.24, 2.45) is 0 Å². The summed E-state index contributed by atoms with van der Waals surface area (Å²) in [5, 5.41) is 11.5. The largest absolute Gasteiger partial charge is 0.490 e. The molecule has 0 aliphatic carbocycles. The average molecular weight is 263 g/mol. The average Bonchev–Trinajstić information content (AvgIpc) is 2.35. The lowest BCUT2D eigenvalue weighted by Gasteiger charge is -2.06. The van der Waals surface area contributed by atoms with Gasteiger partial charge in [0.05, 0.1) is 0 Å². The molecule has 0 atom stereocenters. The summed E-state index contributed by atoms with van der Waals surface area (Å²) in [6.07, 6.45) is 2.00. The molecule has 0 bridgehead atoms. The highest BCUT2D eigenvalue weighted by Crippen LogP contribution is 2.15. The Hall–Kier alpha value is -2.30. The molecule has 19 heavy (non-hydrogen) atoms. The number of hydrogen-bond donors (Lipinski definition) is 2. The van der Waals surface area contributed by atoms with Crippen molar-refractivity contribution in [3.05, 3.63) is 35.9 Å². The molecule has 0 unspecified atom stereocenters. The van der Waals surface area contributed by atoms with Crippen molar-refractivity contribution in [1.29, 1.82) is 0 Å². The van der Waals surface area contributed by atoms with E-state index in [-0.39, 0.29) is 12.5 Å². The maximum Gasteiger partial charge on any atom is 0.331 e. The SMILES string of the molecule is CCC(=CCOc1ccc(NC(C)=O)cc1)C(=O)O. The number of carbonyl (C=O) groups is 2. The van der Waals surface area contributed by atoms with Crippen LogP contribution in [0.2, 0.25) is 0 Å². The number of benzene rings is 1. The van der Waals surface area contributed by atoms with Gasteiger partial charge in [0.1, 0.15) is 12.4 Å². The first-order valence-corrected chi connectivity index (χ1v) is 5.95. The number of ether oxygens (including phenoxy) is 1. The quantitative estimate of drug-likeness (QED) is 0.773. The second-order valence-corrected chi connectivity index (χ2v) is 3.90. The first kappa shape index (κ1) is 14.8. The van der Waals surface area contributed by atoms with E-state index in [1.165, 1.54) is 6.92 Å². The third-order valence-corrected chi connectivity index (χ3v) is 2.41. The molecule has 2 N–H and O–H groups in total. The Kier molecular flexibility index (Phi) is 5.60. The number of carboxylic acids is 1. The van der Waals surface area contributed by atoms with Crippen molar-refractivity contribution < 1.29 is 19.4 Å². The van der Waals surface area contributed by atoms with Gasteiger partial charge in [0, 0.05) is 18.2 Å². The Morgan fingerprint density at radius 2 is 1.95 bits per heavy atom. The van der Waals surface area contributed by atoms with Gasteiger partial charge in [0.2, 0.25) is 5.91 Å². The van der Waals surface area contributed by atoms with Crippen molar-refractivity contribution in [3.63, 3.8) is 0 Å². The molecule has 0 aromatic heterocycles. The first-order chi connectivity index (χ1) is 9.02. The summed E-state index contributed by atoms with van der Waals surface area (Å²) in [6, 6.07) is 6.87. The van der Waals surface area contributed by atoms with E-state index in [0.717, 1.165) is 0 Å². The summed E-state index contributed by atoms with van der Waals surface area (Å²) in [4.78, 5) is 21.6. The molecule has 1 rings (SSSR count). The van der Waals surface area contributed by atoms with Gasteiger partial charge in [-0.15, -0.1) is 0 Å². The van der Waals surface area contributed by atoms with Gasteiger partial charge in [-0.05, 0) is 36.8 Å². The fraction of sp³-hybridized carbons (Fsp3) is 0.286. The molecule has 5 heteroatoms. The van der Waals surface area contributed by atoms with Crippen molar-refractivity contribution >= 4 is 17.6 Å². The lowest BCUT2D eigenvalue weighted by atomic mass is 10.2. The number of anilines is 1. The summed E-state index contributed by atoms with van der Waals surface area (Å²) < 4.78 is 5.40. The predicted octanol–water partition coefficient (Wildman–Crippen LogP) is 2.44. The van der Waals surface area contributed by atoms with Gasteiger partial charge in [-0.2, -0.15) is 0 Å². The number of amides is 1. The van der Waals surface area contributed by atoms with Gasteiger partial charge in [-0.3, -0.25) is 4.79 Å². The zero-order chi connectivity index (χ0) is 14.3. The minimum Gasteiger partial charge on any atom is -0.490 e. The molecule has 0 aliphatic rings. The summed E-state index contributed by atoms with van der Waals surface area (Å²) in [5.74, 6) is -0.441. The molecule has 102 valence electrons. The first-order valence-electron chi connectivity index (χ1n) is 5.95. The Morgan fingerprint density at radius 1 is 1.32 bits per heavy atom. The van der Waals surface area contributed by atoms with Crippen LogP contribution in [-0.2, 0) is 9.59 Å². The molecule has 0 saturated carbocycles. The van der Waals surface area contributed by atoms with Crippen LogP contribution in [0.4, 0.5) is 5.69 Å². The van der Waals surface area contributed by atoms with E-state index in [4.69, 9.17) is 9.84 Å². The molecular weight excluding hydrogens is 246 g/mol. The normalized spacial score (nSPS) is 10.9. The number of nitrogens with one attached hydrogen (secondary N) is 1. The van der Waals surface area contributed by atoms with Gasteiger partial charge >= 0.3 is 5.97 Å².